The standard InChI is InChI=1S/C21H23ClN6O/c1-21(2,3)19-27(18(29)15-6-8-16(22)9-7-15)11-12-28(19)20(25-14-23)26-17-5-4-10-24-13-17/h4-10,13,19H,11-12H2,1-3H3,(H,25,26). The zero-order chi connectivity index (χ0) is 21.0. The molecule has 1 N–H and O–H groups in total. The molecule has 1 amide bonds. The van der Waals surface area contributed by atoms with E-state index in [1.165, 1.54) is 0 Å². The zero-order valence-corrected chi connectivity index (χ0v) is 17.4. The molecule has 1 atom stereocenters. The Labute approximate surface area is 175 Å². The first-order valence-electron chi connectivity index (χ1n) is 9.28. The summed E-state index contributed by atoms with van der Waals surface area (Å²) in [5, 5.41) is 13.0. The van der Waals surface area contributed by atoms with Crippen molar-refractivity contribution in [2.24, 2.45) is 10.4 Å². The number of halogens is 1. The summed E-state index contributed by atoms with van der Waals surface area (Å²) in [4.78, 5) is 25.1. The van der Waals surface area contributed by atoms with Crippen molar-refractivity contribution in [3.05, 3.63) is 59.4 Å². The number of aromatic nitrogens is 1. The largest absolute Gasteiger partial charge is 0.324 e. The number of anilines is 1. The van der Waals surface area contributed by atoms with E-state index >= 15 is 0 Å². The molecule has 1 aromatic heterocycles. The summed E-state index contributed by atoms with van der Waals surface area (Å²) in [6.45, 7) is 7.25. The lowest BCUT2D eigenvalue weighted by Gasteiger charge is -2.40. The third kappa shape index (κ3) is 4.66. The van der Waals surface area contributed by atoms with Crippen LogP contribution in [-0.4, -0.2) is 45.9 Å². The Balaban J connectivity index is 1.92. The fourth-order valence-corrected chi connectivity index (χ4v) is 3.66. The van der Waals surface area contributed by atoms with Gasteiger partial charge < -0.3 is 15.1 Å². The molecule has 1 aliphatic rings. The van der Waals surface area contributed by atoms with Gasteiger partial charge in [-0.3, -0.25) is 9.78 Å². The molecule has 3 rings (SSSR count). The van der Waals surface area contributed by atoms with Crippen LogP contribution in [-0.2, 0) is 0 Å². The van der Waals surface area contributed by atoms with E-state index in [2.05, 4.69) is 36.1 Å². The molecule has 0 bridgehead atoms. The number of carbonyl (C=O) groups excluding carboxylic acids is 1. The number of nitrogens with one attached hydrogen (secondary N) is 1. The van der Waals surface area contributed by atoms with Crippen molar-refractivity contribution in [3.63, 3.8) is 0 Å². The van der Waals surface area contributed by atoms with Gasteiger partial charge >= 0.3 is 0 Å². The van der Waals surface area contributed by atoms with E-state index in [1.54, 1.807) is 42.7 Å². The van der Waals surface area contributed by atoms with Gasteiger partial charge in [0.2, 0.25) is 12.2 Å². The first-order valence-corrected chi connectivity index (χ1v) is 9.66. The highest BCUT2D eigenvalue weighted by atomic mass is 35.5. The van der Waals surface area contributed by atoms with Crippen molar-refractivity contribution in [2.75, 3.05) is 18.4 Å². The van der Waals surface area contributed by atoms with Crippen molar-refractivity contribution >= 4 is 29.2 Å². The molecule has 1 saturated heterocycles. The minimum Gasteiger partial charge on any atom is -0.324 e. The van der Waals surface area contributed by atoms with Crippen LogP contribution in [0.15, 0.2) is 53.8 Å². The van der Waals surface area contributed by atoms with Crippen molar-refractivity contribution in [1.29, 1.82) is 5.26 Å². The van der Waals surface area contributed by atoms with Gasteiger partial charge in [0.05, 0.1) is 11.9 Å². The maximum atomic E-state index is 13.2. The highest BCUT2D eigenvalue weighted by Gasteiger charge is 2.44. The highest BCUT2D eigenvalue weighted by molar-refractivity contribution is 6.30. The predicted octanol–water partition coefficient (Wildman–Crippen LogP) is 3.81. The monoisotopic (exact) mass is 410 g/mol. The van der Waals surface area contributed by atoms with Gasteiger partial charge in [0.15, 0.2) is 0 Å². The molecular weight excluding hydrogens is 388 g/mol. The average molecular weight is 411 g/mol. The van der Waals surface area contributed by atoms with E-state index in [1.807, 2.05) is 22.1 Å². The van der Waals surface area contributed by atoms with Crippen LogP contribution in [0.5, 0.6) is 0 Å². The lowest BCUT2D eigenvalue weighted by atomic mass is 9.90. The molecule has 2 aromatic rings. The fraction of sp³-hybridized carbons (Fsp3) is 0.333. The molecule has 0 saturated carbocycles. The summed E-state index contributed by atoms with van der Waals surface area (Å²) >= 11 is 5.96. The number of hydrogen-bond acceptors (Lipinski definition) is 4. The number of amides is 1. The summed E-state index contributed by atoms with van der Waals surface area (Å²) in [7, 11) is 0. The number of guanidine groups is 1. The van der Waals surface area contributed by atoms with Crippen molar-refractivity contribution in [1.82, 2.24) is 14.8 Å². The van der Waals surface area contributed by atoms with E-state index < -0.39 is 0 Å². The van der Waals surface area contributed by atoms with Gasteiger partial charge in [-0.2, -0.15) is 5.26 Å². The summed E-state index contributed by atoms with van der Waals surface area (Å²) in [6.07, 6.45) is 4.91. The van der Waals surface area contributed by atoms with Gasteiger partial charge in [-0.1, -0.05) is 32.4 Å². The van der Waals surface area contributed by atoms with Gasteiger partial charge in [-0.05, 0) is 36.4 Å². The first-order chi connectivity index (χ1) is 13.8. The number of hydrogen-bond donors (Lipinski definition) is 1. The second-order valence-corrected chi connectivity index (χ2v) is 8.28. The van der Waals surface area contributed by atoms with Crippen molar-refractivity contribution in [2.45, 2.75) is 26.9 Å². The maximum Gasteiger partial charge on any atom is 0.255 e. The quantitative estimate of drug-likeness (QED) is 0.462. The number of benzene rings is 1. The molecule has 1 aliphatic heterocycles. The summed E-state index contributed by atoms with van der Waals surface area (Å²) in [5.74, 6) is 0.314. The first kappa shape index (κ1) is 20.6. The van der Waals surface area contributed by atoms with Crippen molar-refractivity contribution in [3.8, 4) is 6.19 Å². The maximum absolute atomic E-state index is 13.2. The lowest BCUT2D eigenvalue weighted by molar-refractivity contribution is 0.0465. The molecule has 0 spiro atoms. The van der Waals surface area contributed by atoms with E-state index in [4.69, 9.17) is 11.6 Å². The Morgan fingerprint density at radius 2 is 1.93 bits per heavy atom. The predicted molar refractivity (Wildman–Crippen MR) is 113 cm³/mol. The topological polar surface area (TPSA) is 84.6 Å². The number of pyridine rings is 1. The Kier molecular flexibility index (Phi) is 6.04. The summed E-state index contributed by atoms with van der Waals surface area (Å²) < 4.78 is 0. The van der Waals surface area contributed by atoms with E-state index in [0.29, 0.717) is 29.6 Å². The Hall–Kier alpha value is -3.11. The van der Waals surface area contributed by atoms with Crippen molar-refractivity contribution < 1.29 is 4.79 Å². The van der Waals surface area contributed by atoms with E-state index in [9.17, 15) is 10.1 Å². The van der Waals surface area contributed by atoms with Crippen LogP contribution in [0, 0.1) is 16.9 Å². The van der Waals surface area contributed by atoms with Gasteiger partial charge in [0.25, 0.3) is 5.91 Å². The SMILES string of the molecule is CC(C)(C)C1N(C(=O)c2ccc(Cl)cc2)CCN1/C(=N/C#N)Nc1cccnc1. The highest BCUT2D eigenvalue weighted by Crippen LogP contribution is 2.33. The molecule has 1 unspecified atom stereocenters. The molecule has 0 aliphatic carbocycles. The molecule has 150 valence electrons. The molecule has 29 heavy (non-hydrogen) atoms. The second kappa shape index (κ2) is 8.50. The molecular formula is C21H23ClN6O. The molecule has 2 heterocycles. The number of nitrogens with zero attached hydrogens (tertiary/aromatic N) is 5. The summed E-state index contributed by atoms with van der Waals surface area (Å²) in [5.41, 5.74) is 1.01. The molecule has 7 nitrogen and oxygen atoms in total. The number of carbonyl (C=O) groups is 1. The Morgan fingerprint density at radius 3 is 2.52 bits per heavy atom. The molecule has 1 fully saturated rings. The van der Waals surface area contributed by atoms with Gasteiger partial charge in [-0.25, -0.2) is 0 Å². The van der Waals surface area contributed by atoms with Crippen LogP contribution in [0.3, 0.4) is 0 Å². The Morgan fingerprint density at radius 1 is 1.24 bits per heavy atom. The number of rotatable bonds is 2. The third-order valence-corrected chi connectivity index (χ3v) is 4.90. The molecule has 8 heteroatoms. The van der Waals surface area contributed by atoms with Crippen LogP contribution in [0.2, 0.25) is 5.02 Å². The van der Waals surface area contributed by atoms with E-state index in [0.717, 1.165) is 5.69 Å². The molecule has 0 radical (unpaired) electrons. The van der Waals surface area contributed by atoms with Crippen LogP contribution >= 0.6 is 11.6 Å². The summed E-state index contributed by atoms with van der Waals surface area (Å²) in [6, 6.07) is 10.5. The van der Waals surface area contributed by atoms with Crippen LogP contribution in [0.4, 0.5) is 5.69 Å². The third-order valence-electron chi connectivity index (χ3n) is 4.64. The minimum absolute atomic E-state index is 0.0817. The van der Waals surface area contributed by atoms with Crippen LogP contribution in [0.1, 0.15) is 31.1 Å². The lowest BCUT2D eigenvalue weighted by Crippen LogP contribution is -2.53. The number of nitriles is 1. The van der Waals surface area contributed by atoms with Gasteiger partial charge in [0, 0.05) is 35.3 Å². The Bertz CT molecular complexity index is 930. The van der Waals surface area contributed by atoms with Gasteiger partial charge in [-0.15, -0.1) is 4.99 Å². The smallest absolute Gasteiger partial charge is 0.255 e. The minimum atomic E-state index is -0.290. The average Bonchev–Trinajstić information content (AvgIpc) is 3.14. The van der Waals surface area contributed by atoms with E-state index in [-0.39, 0.29) is 17.5 Å². The van der Waals surface area contributed by atoms with Crippen LogP contribution < -0.4 is 5.32 Å². The number of aliphatic imine (C=N–C) groups is 1. The van der Waals surface area contributed by atoms with Gasteiger partial charge in [0.1, 0.15) is 6.17 Å². The normalized spacial score (nSPS) is 17.2. The molecule has 1 aromatic carbocycles. The fourth-order valence-electron chi connectivity index (χ4n) is 3.53. The van der Waals surface area contributed by atoms with Crippen LogP contribution in [0.25, 0.3) is 0 Å². The second-order valence-electron chi connectivity index (χ2n) is 7.84. The zero-order valence-electron chi connectivity index (χ0n) is 16.6.